The molecule has 1 unspecified atom stereocenters. The fraction of sp³-hybridized carbons (Fsp3) is 0.529. The third-order valence-corrected chi connectivity index (χ3v) is 3.30. The van der Waals surface area contributed by atoms with Crippen LogP contribution in [0.1, 0.15) is 26.3 Å². The Hall–Kier alpha value is -1.88. The van der Waals surface area contributed by atoms with E-state index in [1.54, 1.807) is 0 Å². The van der Waals surface area contributed by atoms with Crippen LogP contribution in [0.15, 0.2) is 24.3 Å². The second-order valence-electron chi connectivity index (χ2n) is 6.07. The van der Waals surface area contributed by atoms with E-state index in [4.69, 9.17) is 0 Å². The molecule has 0 fully saturated rings. The van der Waals surface area contributed by atoms with E-state index in [0.29, 0.717) is 19.0 Å². The molecule has 0 aliphatic rings. The molecule has 5 nitrogen and oxygen atoms in total. The van der Waals surface area contributed by atoms with Gasteiger partial charge >= 0.3 is 0 Å². The number of carbonyl (C=O) groups is 2. The fourth-order valence-corrected chi connectivity index (χ4v) is 2.14. The van der Waals surface area contributed by atoms with Crippen LogP contribution >= 0.6 is 0 Å². The molecule has 0 bridgehead atoms. The van der Waals surface area contributed by atoms with E-state index in [0.717, 1.165) is 22.6 Å². The van der Waals surface area contributed by atoms with Gasteiger partial charge < -0.3 is 15.5 Å². The van der Waals surface area contributed by atoms with Gasteiger partial charge in [-0.05, 0) is 24.0 Å². The van der Waals surface area contributed by atoms with E-state index in [1.165, 1.54) is 0 Å². The van der Waals surface area contributed by atoms with Crippen LogP contribution in [0.3, 0.4) is 0 Å². The Labute approximate surface area is 133 Å². The lowest BCUT2D eigenvalue weighted by molar-refractivity contribution is -0.862. The number of amides is 2. The zero-order chi connectivity index (χ0) is 16.5. The van der Waals surface area contributed by atoms with Gasteiger partial charge in [-0.2, -0.15) is 0 Å². The van der Waals surface area contributed by atoms with Gasteiger partial charge in [0.2, 0.25) is 0 Å². The molecule has 1 aromatic carbocycles. The van der Waals surface area contributed by atoms with Gasteiger partial charge in [0.25, 0.3) is 11.8 Å². The summed E-state index contributed by atoms with van der Waals surface area (Å²) >= 11 is 0. The molecule has 2 amide bonds. The average molecular weight is 306 g/mol. The summed E-state index contributed by atoms with van der Waals surface area (Å²) in [6.45, 7) is 7.40. The number of carbonyl (C=O) groups excluding carboxylic acids is 2. The minimum Gasteiger partial charge on any atom is -0.351 e. The van der Waals surface area contributed by atoms with Crippen LogP contribution in [-0.2, 0) is 16.0 Å². The molecule has 0 aromatic heterocycles. The summed E-state index contributed by atoms with van der Waals surface area (Å²) in [5.41, 5.74) is 1.97. The predicted octanol–water partition coefficient (Wildman–Crippen LogP) is 0.474. The van der Waals surface area contributed by atoms with Crippen LogP contribution in [-0.4, -0.2) is 38.5 Å². The number of hydrogen-bond donors (Lipinski definition) is 3. The van der Waals surface area contributed by atoms with Gasteiger partial charge in [-0.25, -0.2) is 0 Å². The van der Waals surface area contributed by atoms with E-state index in [-0.39, 0.29) is 18.4 Å². The third-order valence-electron chi connectivity index (χ3n) is 3.30. The quantitative estimate of drug-likeness (QED) is 0.654. The molecule has 0 aliphatic heterocycles. The largest absolute Gasteiger partial charge is 0.351 e. The van der Waals surface area contributed by atoms with E-state index in [9.17, 15) is 9.59 Å². The second-order valence-corrected chi connectivity index (χ2v) is 6.07. The number of rotatable bonds is 8. The molecular formula is C17H28N3O2+. The molecule has 0 spiro atoms. The molecule has 0 saturated heterocycles. The highest BCUT2D eigenvalue weighted by Gasteiger charge is 2.15. The van der Waals surface area contributed by atoms with Crippen molar-refractivity contribution in [2.45, 2.75) is 27.2 Å². The molecule has 1 atom stereocenters. The van der Waals surface area contributed by atoms with Crippen molar-refractivity contribution in [3.63, 3.8) is 0 Å². The van der Waals surface area contributed by atoms with Crippen LogP contribution in [0, 0.1) is 5.92 Å². The maximum atomic E-state index is 12.1. The molecule has 1 aromatic rings. The molecule has 0 heterocycles. The molecule has 3 N–H and O–H groups in total. The maximum absolute atomic E-state index is 12.1. The summed E-state index contributed by atoms with van der Waals surface area (Å²) in [6.07, 6.45) is 0.872. The van der Waals surface area contributed by atoms with Crippen LogP contribution in [0.5, 0.6) is 0 Å². The molecular weight excluding hydrogens is 278 g/mol. The monoisotopic (exact) mass is 306 g/mol. The van der Waals surface area contributed by atoms with E-state index < -0.39 is 0 Å². The predicted molar refractivity (Wildman–Crippen MR) is 88.9 cm³/mol. The second kappa shape index (κ2) is 9.20. The summed E-state index contributed by atoms with van der Waals surface area (Å²) in [4.78, 5) is 24.7. The van der Waals surface area contributed by atoms with Crippen molar-refractivity contribution in [1.82, 2.24) is 5.32 Å². The van der Waals surface area contributed by atoms with Gasteiger partial charge in [0.15, 0.2) is 13.1 Å². The van der Waals surface area contributed by atoms with Gasteiger partial charge in [0.05, 0.1) is 7.05 Å². The standard InChI is InChI=1S/C17H27N3O2/c1-5-14-8-6-7-9-15(14)19-17(22)12-20(4)11-16(21)18-10-13(2)3/h6-9,13H,5,10-12H2,1-4H3,(H,18,21)(H,19,22)/p+1. The number of hydrogen-bond acceptors (Lipinski definition) is 2. The zero-order valence-electron chi connectivity index (χ0n) is 14.0. The van der Waals surface area contributed by atoms with Crippen LogP contribution in [0.2, 0.25) is 0 Å². The molecule has 0 aliphatic carbocycles. The van der Waals surface area contributed by atoms with E-state index >= 15 is 0 Å². The van der Waals surface area contributed by atoms with Gasteiger partial charge in [-0.15, -0.1) is 0 Å². The number of quaternary nitrogens is 1. The average Bonchev–Trinajstić information content (AvgIpc) is 2.45. The van der Waals surface area contributed by atoms with Gasteiger partial charge in [0.1, 0.15) is 0 Å². The maximum Gasteiger partial charge on any atom is 0.279 e. The Kier molecular flexibility index (Phi) is 7.60. The number of benzene rings is 1. The summed E-state index contributed by atoms with van der Waals surface area (Å²) in [7, 11) is 1.85. The van der Waals surface area contributed by atoms with Crippen molar-refractivity contribution in [1.29, 1.82) is 0 Å². The summed E-state index contributed by atoms with van der Waals surface area (Å²) in [5.74, 6) is 0.334. The summed E-state index contributed by atoms with van der Waals surface area (Å²) in [6, 6.07) is 7.78. The smallest absolute Gasteiger partial charge is 0.279 e. The van der Waals surface area contributed by atoms with E-state index in [1.807, 2.05) is 31.3 Å². The molecule has 0 saturated carbocycles. The molecule has 122 valence electrons. The fourth-order valence-electron chi connectivity index (χ4n) is 2.14. The molecule has 0 radical (unpaired) electrons. The number of anilines is 1. The SMILES string of the molecule is CCc1ccccc1NC(=O)C[NH+](C)CC(=O)NCC(C)C. The Morgan fingerprint density at radius 1 is 1.14 bits per heavy atom. The minimum absolute atomic E-state index is 0.0204. The van der Waals surface area contributed by atoms with Crippen molar-refractivity contribution < 1.29 is 14.5 Å². The number of aryl methyl sites for hydroxylation is 1. The highest BCUT2D eigenvalue weighted by Crippen LogP contribution is 2.14. The number of para-hydroxylation sites is 1. The van der Waals surface area contributed by atoms with Crippen molar-refractivity contribution >= 4 is 17.5 Å². The van der Waals surface area contributed by atoms with Crippen LogP contribution in [0.25, 0.3) is 0 Å². The first-order chi connectivity index (χ1) is 10.4. The highest BCUT2D eigenvalue weighted by molar-refractivity contribution is 5.92. The lowest BCUT2D eigenvalue weighted by Gasteiger charge is -2.15. The van der Waals surface area contributed by atoms with Crippen LogP contribution < -0.4 is 15.5 Å². The van der Waals surface area contributed by atoms with Crippen molar-refractivity contribution in [3.8, 4) is 0 Å². The number of likely N-dealkylation sites (N-methyl/N-ethyl adjacent to an activating group) is 1. The molecule has 5 heteroatoms. The minimum atomic E-state index is -0.0740. The normalized spacial score (nSPS) is 12.0. The topological polar surface area (TPSA) is 62.6 Å². The molecule has 22 heavy (non-hydrogen) atoms. The lowest BCUT2D eigenvalue weighted by Crippen LogP contribution is -3.11. The Morgan fingerprint density at radius 3 is 2.41 bits per heavy atom. The Balaban J connectivity index is 2.42. The van der Waals surface area contributed by atoms with E-state index in [2.05, 4.69) is 31.4 Å². The first-order valence-electron chi connectivity index (χ1n) is 7.88. The first-order valence-corrected chi connectivity index (χ1v) is 7.88. The van der Waals surface area contributed by atoms with Crippen molar-refractivity contribution in [2.24, 2.45) is 5.92 Å². The van der Waals surface area contributed by atoms with Gasteiger partial charge in [-0.3, -0.25) is 9.59 Å². The van der Waals surface area contributed by atoms with Crippen molar-refractivity contribution in [3.05, 3.63) is 29.8 Å². The lowest BCUT2D eigenvalue weighted by atomic mass is 10.1. The third kappa shape index (κ3) is 6.72. The van der Waals surface area contributed by atoms with Gasteiger partial charge in [-0.1, -0.05) is 39.0 Å². The highest BCUT2D eigenvalue weighted by atomic mass is 16.2. The number of nitrogens with one attached hydrogen (secondary N) is 3. The van der Waals surface area contributed by atoms with Crippen LogP contribution in [0.4, 0.5) is 5.69 Å². The Bertz CT molecular complexity index is 500. The Morgan fingerprint density at radius 2 is 1.77 bits per heavy atom. The summed E-state index contributed by atoms with van der Waals surface area (Å²) in [5, 5.41) is 5.79. The van der Waals surface area contributed by atoms with Crippen molar-refractivity contribution in [2.75, 3.05) is 32.0 Å². The zero-order valence-corrected chi connectivity index (χ0v) is 14.0. The van der Waals surface area contributed by atoms with Gasteiger partial charge in [0, 0.05) is 12.2 Å². The molecule has 1 rings (SSSR count). The summed E-state index contributed by atoms with van der Waals surface area (Å²) < 4.78 is 0. The first kappa shape index (κ1) is 18.2.